The molecule has 0 aromatic carbocycles. The third kappa shape index (κ3) is 3.60. The largest absolute Gasteiger partial charge is 0.459 e. The second-order valence-corrected chi connectivity index (χ2v) is 6.07. The molecule has 0 amide bonds. The van der Waals surface area contributed by atoms with Crippen molar-refractivity contribution in [2.45, 2.75) is 31.4 Å². The summed E-state index contributed by atoms with van der Waals surface area (Å²) in [7, 11) is 1.74. The van der Waals surface area contributed by atoms with Crippen LogP contribution in [0.25, 0.3) is 11.0 Å². The fourth-order valence-electron chi connectivity index (χ4n) is 1.53. The number of anilines is 1. The van der Waals surface area contributed by atoms with Crippen molar-refractivity contribution in [2.75, 3.05) is 18.1 Å². The minimum absolute atomic E-state index is 0.192. The number of carbonyl (C=O) groups excluding carboxylic acids is 1. The lowest BCUT2D eigenvalue weighted by molar-refractivity contribution is -0.151. The summed E-state index contributed by atoms with van der Waals surface area (Å²) >= 11 is 1.31. The summed E-state index contributed by atoms with van der Waals surface area (Å²) in [5.41, 5.74) is 0.153. The Morgan fingerprint density at radius 3 is 2.85 bits per heavy atom. The Morgan fingerprint density at radius 2 is 2.20 bits per heavy atom. The number of fused-ring (bicyclic) bond motifs is 1. The number of rotatable bonds is 4. The Labute approximate surface area is 120 Å². The van der Waals surface area contributed by atoms with Crippen molar-refractivity contribution in [1.29, 1.82) is 0 Å². The normalized spacial score (nSPS) is 11.6. The van der Waals surface area contributed by atoms with E-state index in [9.17, 15) is 4.79 Å². The number of nitrogens with one attached hydrogen (secondary N) is 2. The summed E-state index contributed by atoms with van der Waals surface area (Å²) in [6.45, 7) is 5.52. The number of hydrogen-bond acceptors (Lipinski definition) is 7. The van der Waals surface area contributed by atoms with Crippen molar-refractivity contribution in [1.82, 2.24) is 20.2 Å². The van der Waals surface area contributed by atoms with Gasteiger partial charge in [-0.15, -0.1) is 0 Å². The van der Waals surface area contributed by atoms with Gasteiger partial charge in [0.15, 0.2) is 5.65 Å². The minimum Gasteiger partial charge on any atom is -0.459 e. The van der Waals surface area contributed by atoms with Gasteiger partial charge in [-0.25, -0.2) is 4.98 Å². The highest BCUT2D eigenvalue weighted by Crippen LogP contribution is 2.25. The van der Waals surface area contributed by atoms with Crippen LogP contribution in [0.4, 0.5) is 5.95 Å². The number of aromatic nitrogens is 4. The Balaban J connectivity index is 2.13. The Morgan fingerprint density at radius 1 is 1.45 bits per heavy atom. The van der Waals surface area contributed by atoms with Gasteiger partial charge < -0.3 is 10.1 Å². The molecule has 0 aliphatic rings. The molecule has 0 aliphatic heterocycles. The van der Waals surface area contributed by atoms with Crippen LogP contribution in [0.15, 0.2) is 11.2 Å². The van der Waals surface area contributed by atoms with E-state index >= 15 is 0 Å². The summed E-state index contributed by atoms with van der Waals surface area (Å²) in [5, 5.41) is 11.1. The lowest BCUT2D eigenvalue weighted by atomic mass is 10.2. The van der Waals surface area contributed by atoms with E-state index in [1.54, 1.807) is 13.2 Å². The van der Waals surface area contributed by atoms with Gasteiger partial charge in [0.1, 0.15) is 10.6 Å². The van der Waals surface area contributed by atoms with Crippen LogP contribution >= 0.6 is 11.8 Å². The molecule has 2 rings (SSSR count). The van der Waals surface area contributed by atoms with Gasteiger partial charge in [0.2, 0.25) is 5.95 Å². The molecule has 20 heavy (non-hydrogen) atoms. The number of thioether (sulfide) groups is 1. The molecule has 2 heterocycles. The predicted octanol–water partition coefficient (Wildman–Crippen LogP) is 1.83. The standard InChI is InChI=1S/C12H17N5O2S/c1-12(2,3)19-8(18)6-20-10-7-5-14-17-9(7)15-11(13-4)16-10/h5H,6H2,1-4H3,(H2,13,14,15,16,17). The van der Waals surface area contributed by atoms with E-state index in [1.165, 1.54) is 11.8 Å². The highest BCUT2D eigenvalue weighted by molar-refractivity contribution is 8.00. The van der Waals surface area contributed by atoms with Gasteiger partial charge in [0, 0.05) is 7.05 Å². The maximum absolute atomic E-state index is 11.7. The summed E-state index contributed by atoms with van der Waals surface area (Å²) in [5.74, 6) is 0.398. The number of hydrogen-bond donors (Lipinski definition) is 2. The van der Waals surface area contributed by atoms with Gasteiger partial charge in [-0.1, -0.05) is 11.8 Å². The maximum Gasteiger partial charge on any atom is 0.316 e. The monoisotopic (exact) mass is 295 g/mol. The van der Waals surface area contributed by atoms with E-state index in [4.69, 9.17) is 4.74 Å². The number of carbonyl (C=O) groups is 1. The molecule has 0 saturated heterocycles. The van der Waals surface area contributed by atoms with Crippen LogP contribution in [0.2, 0.25) is 0 Å². The van der Waals surface area contributed by atoms with Gasteiger partial charge >= 0.3 is 5.97 Å². The summed E-state index contributed by atoms with van der Waals surface area (Å²) < 4.78 is 5.27. The molecule has 0 atom stereocenters. The zero-order valence-electron chi connectivity index (χ0n) is 11.9. The topological polar surface area (TPSA) is 92.8 Å². The van der Waals surface area contributed by atoms with Crippen LogP contribution in [-0.2, 0) is 9.53 Å². The number of esters is 1. The Bertz CT molecular complexity index is 620. The molecule has 0 bridgehead atoms. The van der Waals surface area contributed by atoms with Gasteiger partial charge in [0.05, 0.1) is 17.3 Å². The van der Waals surface area contributed by atoms with Crippen LogP contribution in [0.1, 0.15) is 20.8 Å². The lowest BCUT2D eigenvalue weighted by Gasteiger charge is -2.19. The molecular formula is C12H17N5O2S. The second kappa shape index (κ2) is 5.66. The average molecular weight is 295 g/mol. The van der Waals surface area contributed by atoms with Crippen molar-refractivity contribution >= 4 is 34.7 Å². The highest BCUT2D eigenvalue weighted by Gasteiger charge is 2.17. The van der Waals surface area contributed by atoms with Crippen LogP contribution < -0.4 is 5.32 Å². The number of H-pyrrole nitrogens is 1. The predicted molar refractivity (Wildman–Crippen MR) is 77.8 cm³/mol. The first kappa shape index (κ1) is 14.6. The van der Waals surface area contributed by atoms with Crippen molar-refractivity contribution in [3.8, 4) is 0 Å². The van der Waals surface area contributed by atoms with E-state index in [-0.39, 0.29) is 11.7 Å². The second-order valence-electron chi connectivity index (χ2n) is 5.11. The third-order valence-electron chi connectivity index (χ3n) is 2.25. The summed E-state index contributed by atoms with van der Waals surface area (Å²) in [4.78, 5) is 20.3. The number of nitrogens with zero attached hydrogens (tertiary/aromatic N) is 3. The molecule has 0 fully saturated rings. The van der Waals surface area contributed by atoms with Crippen molar-refractivity contribution in [3.63, 3.8) is 0 Å². The molecule has 0 aliphatic carbocycles. The van der Waals surface area contributed by atoms with E-state index < -0.39 is 5.60 Å². The molecule has 7 nitrogen and oxygen atoms in total. The first-order valence-corrected chi connectivity index (χ1v) is 7.11. The Kier molecular flexibility index (Phi) is 4.12. The van der Waals surface area contributed by atoms with Gasteiger partial charge in [0.25, 0.3) is 0 Å². The summed E-state index contributed by atoms with van der Waals surface area (Å²) in [6.07, 6.45) is 1.65. The number of aromatic amines is 1. The maximum atomic E-state index is 11.7. The third-order valence-corrected chi connectivity index (χ3v) is 3.21. The average Bonchev–Trinajstić information content (AvgIpc) is 2.81. The molecule has 0 saturated carbocycles. The first-order chi connectivity index (χ1) is 9.39. The van der Waals surface area contributed by atoms with Crippen LogP contribution in [0, 0.1) is 0 Å². The van der Waals surface area contributed by atoms with E-state index in [0.717, 1.165) is 5.39 Å². The molecule has 2 aromatic heterocycles. The molecular weight excluding hydrogens is 278 g/mol. The molecule has 0 radical (unpaired) electrons. The van der Waals surface area contributed by atoms with Crippen LogP contribution in [0.5, 0.6) is 0 Å². The Hall–Kier alpha value is -1.83. The van der Waals surface area contributed by atoms with Crippen molar-refractivity contribution < 1.29 is 9.53 Å². The fourth-order valence-corrected chi connectivity index (χ4v) is 2.30. The smallest absolute Gasteiger partial charge is 0.316 e. The molecule has 8 heteroatoms. The zero-order chi connectivity index (χ0) is 14.8. The highest BCUT2D eigenvalue weighted by atomic mass is 32.2. The van der Waals surface area contributed by atoms with Gasteiger partial charge in [-0.2, -0.15) is 10.1 Å². The van der Waals surface area contributed by atoms with Crippen LogP contribution in [0.3, 0.4) is 0 Å². The van der Waals surface area contributed by atoms with E-state index in [2.05, 4.69) is 25.5 Å². The molecule has 108 valence electrons. The van der Waals surface area contributed by atoms with E-state index in [1.807, 2.05) is 20.8 Å². The lowest BCUT2D eigenvalue weighted by Crippen LogP contribution is -2.24. The number of ether oxygens (including phenoxy) is 1. The van der Waals surface area contributed by atoms with Gasteiger partial charge in [-0.3, -0.25) is 9.89 Å². The quantitative estimate of drug-likeness (QED) is 0.505. The first-order valence-electron chi connectivity index (χ1n) is 6.12. The van der Waals surface area contributed by atoms with Crippen LogP contribution in [-0.4, -0.2) is 44.5 Å². The van der Waals surface area contributed by atoms with Gasteiger partial charge in [-0.05, 0) is 20.8 Å². The van der Waals surface area contributed by atoms with Crippen molar-refractivity contribution in [3.05, 3.63) is 6.20 Å². The van der Waals surface area contributed by atoms with E-state index in [0.29, 0.717) is 16.6 Å². The summed E-state index contributed by atoms with van der Waals surface area (Å²) in [6, 6.07) is 0. The minimum atomic E-state index is -0.482. The molecule has 0 unspecified atom stereocenters. The molecule has 0 spiro atoms. The zero-order valence-corrected chi connectivity index (χ0v) is 12.7. The SMILES string of the molecule is CNc1nc(SCC(=O)OC(C)(C)C)c2cn[nH]c2n1. The molecule has 2 aromatic rings. The fraction of sp³-hybridized carbons (Fsp3) is 0.500. The molecule has 2 N–H and O–H groups in total. The van der Waals surface area contributed by atoms with Crippen molar-refractivity contribution in [2.24, 2.45) is 0 Å².